The zero-order valence-electron chi connectivity index (χ0n) is 5.89. The Bertz CT molecular complexity index is 89.1. The summed E-state index contributed by atoms with van der Waals surface area (Å²) in [5.74, 6) is 0. The summed E-state index contributed by atoms with van der Waals surface area (Å²) < 4.78 is 5.43. The second kappa shape index (κ2) is 2.81. The molecule has 3 heteroatoms. The summed E-state index contributed by atoms with van der Waals surface area (Å²) in [6.07, 6.45) is 3.46. The lowest BCUT2D eigenvalue weighted by molar-refractivity contribution is -0.0495. The van der Waals surface area contributed by atoms with E-state index in [0.717, 1.165) is 23.3 Å². The molecule has 1 unspecified atom stereocenters. The van der Waals surface area contributed by atoms with Crippen molar-refractivity contribution in [2.24, 2.45) is 0 Å². The molecule has 0 aliphatic carbocycles. The number of hydrogen-bond donors (Lipinski definition) is 1. The molecule has 0 saturated carbocycles. The van der Waals surface area contributed by atoms with Crippen LogP contribution in [0.15, 0.2) is 0 Å². The third-order valence-electron chi connectivity index (χ3n) is 1.88. The highest BCUT2D eigenvalue weighted by molar-refractivity contribution is 6.14. The second-order valence-electron chi connectivity index (χ2n) is 2.91. The van der Waals surface area contributed by atoms with Crippen molar-refractivity contribution in [2.75, 3.05) is 13.2 Å². The third kappa shape index (κ3) is 1.78. The summed E-state index contributed by atoms with van der Waals surface area (Å²) in [7, 11) is 0.958. The number of ether oxygens (including phenoxy) is 1. The Morgan fingerprint density at radius 2 is 2.33 bits per heavy atom. The summed E-state index contributed by atoms with van der Waals surface area (Å²) in [6, 6.07) is 0. The predicted octanol–water partition coefficient (Wildman–Crippen LogP) is -0.759. The summed E-state index contributed by atoms with van der Waals surface area (Å²) in [4.78, 5) is 0. The van der Waals surface area contributed by atoms with Crippen LogP contribution in [-0.2, 0) is 4.74 Å². The normalized spacial score (nSPS) is 37.0. The minimum Gasteiger partial charge on any atom is -0.394 e. The van der Waals surface area contributed by atoms with Crippen molar-refractivity contribution in [3.8, 4) is 0 Å². The summed E-state index contributed by atoms with van der Waals surface area (Å²) >= 11 is 0. The van der Waals surface area contributed by atoms with E-state index in [0.29, 0.717) is 0 Å². The Morgan fingerprint density at radius 3 is 2.67 bits per heavy atom. The molecule has 2 nitrogen and oxygen atoms in total. The van der Waals surface area contributed by atoms with Gasteiger partial charge in [-0.05, 0) is 19.3 Å². The van der Waals surface area contributed by atoms with Gasteiger partial charge in [-0.15, -0.1) is 0 Å². The molecule has 9 heavy (non-hydrogen) atoms. The SMILES string of the molecule is OCC1([SiH3])CCCCO1. The van der Waals surface area contributed by atoms with Crippen molar-refractivity contribution >= 4 is 10.2 Å². The molecule has 0 aromatic carbocycles. The molecule has 0 amide bonds. The Labute approximate surface area is 58.6 Å². The van der Waals surface area contributed by atoms with Crippen LogP contribution < -0.4 is 0 Å². The van der Waals surface area contributed by atoms with Crippen molar-refractivity contribution < 1.29 is 9.84 Å². The summed E-state index contributed by atoms with van der Waals surface area (Å²) in [5, 5.41) is 8.77. The Kier molecular flexibility index (Phi) is 2.27. The number of hydrogen-bond acceptors (Lipinski definition) is 2. The molecule has 0 bridgehead atoms. The van der Waals surface area contributed by atoms with Crippen LogP contribution in [0.5, 0.6) is 0 Å². The highest BCUT2D eigenvalue weighted by Gasteiger charge is 2.25. The van der Waals surface area contributed by atoms with Crippen LogP contribution in [0, 0.1) is 0 Å². The largest absolute Gasteiger partial charge is 0.394 e. The monoisotopic (exact) mass is 146 g/mol. The first-order valence-electron chi connectivity index (χ1n) is 3.52. The zero-order chi connectivity index (χ0) is 6.74. The predicted molar refractivity (Wildman–Crippen MR) is 39.6 cm³/mol. The molecule has 1 saturated heterocycles. The molecule has 54 valence electrons. The van der Waals surface area contributed by atoms with Crippen LogP contribution in [0.4, 0.5) is 0 Å². The fourth-order valence-electron chi connectivity index (χ4n) is 1.12. The maximum atomic E-state index is 8.86. The first-order chi connectivity index (χ1) is 4.27. The van der Waals surface area contributed by atoms with E-state index in [9.17, 15) is 0 Å². The molecule has 0 radical (unpaired) electrons. The van der Waals surface area contributed by atoms with Gasteiger partial charge in [-0.25, -0.2) is 0 Å². The van der Waals surface area contributed by atoms with Gasteiger partial charge in [0, 0.05) is 16.8 Å². The third-order valence-corrected chi connectivity index (χ3v) is 2.99. The van der Waals surface area contributed by atoms with E-state index in [1.807, 2.05) is 0 Å². The lowest BCUT2D eigenvalue weighted by Crippen LogP contribution is -2.40. The smallest absolute Gasteiger partial charge is 0.0709 e. The molecule has 1 aliphatic heterocycles. The molecule has 0 spiro atoms. The molecule has 1 N–H and O–H groups in total. The van der Waals surface area contributed by atoms with E-state index in [-0.39, 0.29) is 11.8 Å². The van der Waals surface area contributed by atoms with Crippen molar-refractivity contribution in [3.63, 3.8) is 0 Å². The zero-order valence-corrected chi connectivity index (χ0v) is 7.89. The number of aliphatic hydroxyl groups excluding tert-OH is 1. The molecule has 1 aliphatic rings. The van der Waals surface area contributed by atoms with Crippen LogP contribution in [0.25, 0.3) is 0 Å². The standard InChI is InChI=1S/C6H14O2Si/c7-5-6(9)3-1-2-4-8-6/h7H,1-5H2,9H3. The van der Waals surface area contributed by atoms with E-state index in [2.05, 4.69) is 0 Å². The van der Waals surface area contributed by atoms with Crippen LogP contribution in [0.1, 0.15) is 19.3 Å². The van der Waals surface area contributed by atoms with E-state index in [1.165, 1.54) is 12.8 Å². The van der Waals surface area contributed by atoms with Gasteiger partial charge < -0.3 is 9.84 Å². The number of rotatable bonds is 1. The van der Waals surface area contributed by atoms with Crippen LogP contribution in [0.3, 0.4) is 0 Å². The molecule has 0 aromatic heterocycles. The van der Waals surface area contributed by atoms with Crippen LogP contribution >= 0.6 is 0 Å². The topological polar surface area (TPSA) is 29.5 Å². The molecular weight excluding hydrogens is 132 g/mol. The van der Waals surface area contributed by atoms with Crippen molar-refractivity contribution in [3.05, 3.63) is 0 Å². The minimum atomic E-state index is -0.0851. The van der Waals surface area contributed by atoms with Gasteiger partial charge in [-0.2, -0.15) is 0 Å². The van der Waals surface area contributed by atoms with Gasteiger partial charge in [0.15, 0.2) is 0 Å². The Hall–Kier alpha value is 0.137. The number of aliphatic hydroxyl groups is 1. The van der Waals surface area contributed by atoms with Gasteiger partial charge in [-0.3, -0.25) is 0 Å². The van der Waals surface area contributed by atoms with Gasteiger partial charge in [0.1, 0.15) is 0 Å². The van der Waals surface area contributed by atoms with E-state index < -0.39 is 0 Å². The highest BCUT2D eigenvalue weighted by atomic mass is 28.1. The molecule has 1 atom stereocenters. The average Bonchev–Trinajstić information content (AvgIpc) is 1.90. The van der Waals surface area contributed by atoms with Gasteiger partial charge >= 0.3 is 0 Å². The average molecular weight is 146 g/mol. The first-order valence-corrected chi connectivity index (χ1v) is 4.52. The first kappa shape index (κ1) is 7.25. The van der Waals surface area contributed by atoms with Crippen molar-refractivity contribution in [2.45, 2.75) is 24.5 Å². The molecule has 1 fully saturated rings. The van der Waals surface area contributed by atoms with Crippen LogP contribution in [-0.4, -0.2) is 33.8 Å². The lowest BCUT2D eigenvalue weighted by Gasteiger charge is -2.31. The maximum Gasteiger partial charge on any atom is 0.0709 e. The van der Waals surface area contributed by atoms with E-state index in [1.54, 1.807) is 0 Å². The molecule has 0 aromatic rings. The summed E-state index contributed by atoms with van der Waals surface area (Å²) in [5.41, 5.74) is 0. The van der Waals surface area contributed by atoms with Crippen molar-refractivity contribution in [1.82, 2.24) is 0 Å². The maximum absolute atomic E-state index is 8.86. The van der Waals surface area contributed by atoms with E-state index in [4.69, 9.17) is 9.84 Å². The second-order valence-corrected chi connectivity index (χ2v) is 4.74. The fraction of sp³-hybridized carbons (Fsp3) is 1.00. The molecular formula is C6H14O2Si. The molecule has 1 rings (SSSR count). The Balaban J connectivity index is 2.37. The van der Waals surface area contributed by atoms with Gasteiger partial charge in [0.2, 0.25) is 0 Å². The van der Waals surface area contributed by atoms with E-state index >= 15 is 0 Å². The Morgan fingerprint density at radius 1 is 1.56 bits per heavy atom. The van der Waals surface area contributed by atoms with Gasteiger partial charge in [0.05, 0.1) is 11.8 Å². The van der Waals surface area contributed by atoms with Gasteiger partial charge in [0.25, 0.3) is 0 Å². The van der Waals surface area contributed by atoms with Crippen LogP contribution in [0.2, 0.25) is 0 Å². The quantitative estimate of drug-likeness (QED) is 0.493. The van der Waals surface area contributed by atoms with Crippen molar-refractivity contribution in [1.29, 1.82) is 0 Å². The fourth-order valence-corrected chi connectivity index (χ4v) is 1.67. The minimum absolute atomic E-state index is 0.0851. The highest BCUT2D eigenvalue weighted by Crippen LogP contribution is 2.20. The van der Waals surface area contributed by atoms with Gasteiger partial charge in [-0.1, -0.05) is 0 Å². The lowest BCUT2D eigenvalue weighted by atomic mass is 10.1. The summed E-state index contributed by atoms with van der Waals surface area (Å²) in [6.45, 7) is 1.07. The molecule has 1 heterocycles.